The van der Waals surface area contributed by atoms with Crippen LogP contribution < -0.4 is 16.0 Å². The number of ether oxygens (including phenoxy) is 1. The van der Waals surface area contributed by atoms with E-state index in [-0.39, 0.29) is 23.9 Å². The molecule has 6 rings (SSSR count). The van der Waals surface area contributed by atoms with Gasteiger partial charge < -0.3 is 15.8 Å². The van der Waals surface area contributed by atoms with Gasteiger partial charge in [-0.2, -0.15) is 5.26 Å². The highest BCUT2D eigenvalue weighted by atomic mass is 35.5. The number of halogens is 2. The van der Waals surface area contributed by atoms with Gasteiger partial charge in [0.25, 0.3) is 0 Å². The highest BCUT2D eigenvalue weighted by molar-refractivity contribution is 6.31. The predicted octanol–water partition coefficient (Wildman–Crippen LogP) is 7.03. The minimum atomic E-state index is -0.842. The van der Waals surface area contributed by atoms with Gasteiger partial charge in [-0.05, 0) is 71.5 Å². The van der Waals surface area contributed by atoms with Gasteiger partial charge in [0.2, 0.25) is 0 Å². The van der Waals surface area contributed by atoms with Crippen LogP contribution in [0.25, 0.3) is 11.1 Å². The lowest BCUT2D eigenvalue weighted by Crippen LogP contribution is -2.61. The second-order valence-electron chi connectivity index (χ2n) is 11.1. The van der Waals surface area contributed by atoms with Crippen molar-refractivity contribution in [3.63, 3.8) is 0 Å². The highest BCUT2D eigenvalue weighted by Gasteiger charge is 2.49. The van der Waals surface area contributed by atoms with E-state index >= 15 is 0 Å². The molecule has 3 amide bonds. The van der Waals surface area contributed by atoms with E-state index in [2.05, 4.69) is 23.5 Å². The van der Waals surface area contributed by atoms with Crippen LogP contribution in [0.1, 0.15) is 29.5 Å². The van der Waals surface area contributed by atoms with Gasteiger partial charge in [-0.1, -0.05) is 66.2 Å². The molecule has 4 aromatic rings. The third-order valence-corrected chi connectivity index (χ3v) is 8.74. The molecule has 2 atom stereocenters. The van der Waals surface area contributed by atoms with E-state index in [4.69, 9.17) is 22.1 Å². The molecule has 222 valence electrons. The van der Waals surface area contributed by atoms with Gasteiger partial charge >= 0.3 is 12.1 Å². The summed E-state index contributed by atoms with van der Waals surface area (Å²) in [6.07, 6.45) is -0.489. The van der Waals surface area contributed by atoms with E-state index in [0.717, 1.165) is 27.9 Å². The zero-order valence-electron chi connectivity index (χ0n) is 23.7. The van der Waals surface area contributed by atoms with E-state index < -0.39 is 29.5 Å². The summed E-state index contributed by atoms with van der Waals surface area (Å²) in [5.74, 6) is -0.635. The number of likely N-dealkylation sites (tertiary alicyclic amines) is 1. The maximum absolute atomic E-state index is 14.1. The Morgan fingerprint density at radius 3 is 2.61 bits per heavy atom. The molecule has 10 heteroatoms. The zero-order chi connectivity index (χ0) is 30.8. The zero-order valence-corrected chi connectivity index (χ0v) is 24.4. The van der Waals surface area contributed by atoms with Crippen molar-refractivity contribution in [3.8, 4) is 17.2 Å². The molecule has 3 N–H and O–H groups in total. The van der Waals surface area contributed by atoms with Gasteiger partial charge in [0.05, 0.1) is 16.7 Å². The van der Waals surface area contributed by atoms with Crippen molar-refractivity contribution in [2.75, 3.05) is 23.3 Å². The third-order valence-electron chi connectivity index (χ3n) is 8.45. The fraction of sp³-hybridized carbons (Fsp3) is 0.206. The maximum atomic E-state index is 14.1. The summed E-state index contributed by atoms with van der Waals surface area (Å²) in [6.45, 7) is 0.918. The Morgan fingerprint density at radius 2 is 1.86 bits per heavy atom. The molecule has 2 unspecified atom stereocenters. The molecular weight excluding hydrogens is 581 g/mol. The van der Waals surface area contributed by atoms with Crippen LogP contribution >= 0.6 is 11.6 Å². The van der Waals surface area contributed by atoms with Crippen molar-refractivity contribution in [1.82, 2.24) is 4.90 Å². The number of nitrogens with zero attached hydrogens (tertiary/aromatic N) is 3. The van der Waals surface area contributed by atoms with Crippen molar-refractivity contribution in [2.24, 2.45) is 5.73 Å². The second kappa shape index (κ2) is 11.9. The molecule has 0 saturated carbocycles. The lowest BCUT2D eigenvalue weighted by molar-refractivity contribution is 0.0536. The second-order valence-corrected chi connectivity index (χ2v) is 11.5. The molecule has 44 heavy (non-hydrogen) atoms. The van der Waals surface area contributed by atoms with Crippen LogP contribution in [0, 0.1) is 17.1 Å². The number of piperidine rings is 1. The lowest BCUT2D eigenvalue weighted by Gasteiger charge is -2.48. The first-order valence-corrected chi connectivity index (χ1v) is 14.6. The molecule has 4 aromatic carbocycles. The fourth-order valence-corrected chi connectivity index (χ4v) is 6.41. The minimum absolute atomic E-state index is 0.0627. The number of hydrogen-bond donors (Lipinski definition) is 2. The number of fused-ring (bicyclic) bond motifs is 2. The van der Waals surface area contributed by atoms with Gasteiger partial charge in [-0.3, -0.25) is 9.80 Å². The average Bonchev–Trinajstić information content (AvgIpc) is 3.38. The quantitative estimate of drug-likeness (QED) is 0.252. The topological polar surface area (TPSA) is 112 Å². The summed E-state index contributed by atoms with van der Waals surface area (Å²) in [7, 11) is 0. The molecular formula is C34H29ClFN5O3. The number of anilines is 2. The summed E-state index contributed by atoms with van der Waals surface area (Å²) in [5, 5.41) is 12.7. The third kappa shape index (κ3) is 5.52. The van der Waals surface area contributed by atoms with Crippen LogP contribution in [0.2, 0.25) is 5.02 Å². The van der Waals surface area contributed by atoms with E-state index in [1.807, 2.05) is 54.6 Å². The number of carbonyl (C=O) groups is 2. The maximum Gasteiger partial charge on any atom is 0.411 e. The van der Waals surface area contributed by atoms with E-state index in [1.165, 1.54) is 28.0 Å². The van der Waals surface area contributed by atoms with Gasteiger partial charge in [0.15, 0.2) is 0 Å². The van der Waals surface area contributed by atoms with Crippen molar-refractivity contribution in [2.45, 2.75) is 31.0 Å². The first kappa shape index (κ1) is 29.0. The van der Waals surface area contributed by atoms with Crippen LogP contribution in [-0.2, 0) is 16.8 Å². The summed E-state index contributed by atoms with van der Waals surface area (Å²) < 4.78 is 19.8. The number of carbonyl (C=O) groups excluding carboxylic acids is 2. The highest BCUT2D eigenvalue weighted by Crippen LogP contribution is 2.48. The van der Waals surface area contributed by atoms with Crippen LogP contribution in [0.5, 0.6) is 0 Å². The Morgan fingerprint density at radius 1 is 1.07 bits per heavy atom. The molecule has 1 spiro atoms. The van der Waals surface area contributed by atoms with Crippen LogP contribution in [0.3, 0.4) is 0 Å². The molecule has 8 nitrogen and oxygen atoms in total. The first-order chi connectivity index (χ1) is 21.3. The van der Waals surface area contributed by atoms with Crippen molar-refractivity contribution in [1.29, 1.82) is 5.26 Å². The molecule has 0 radical (unpaired) electrons. The van der Waals surface area contributed by atoms with E-state index in [9.17, 15) is 19.2 Å². The summed E-state index contributed by atoms with van der Waals surface area (Å²) in [5.41, 5.74) is 11.1. The molecule has 1 fully saturated rings. The SMILES string of the molecule is N#Cc1cccc(-c2ccc3c(c2)NCC32CCN(C(=O)OCc3ccccc3)C(N(C(N)=O)c3ccc(F)c(Cl)c3)C2)c1. The number of nitrogens with one attached hydrogen (secondary N) is 1. The van der Waals surface area contributed by atoms with Gasteiger partial charge in [0.1, 0.15) is 18.6 Å². The number of benzene rings is 4. The lowest BCUT2D eigenvalue weighted by atomic mass is 9.72. The van der Waals surface area contributed by atoms with Crippen molar-refractivity contribution < 1.29 is 18.7 Å². The smallest absolute Gasteiger partial charge is 0.411 e. The number of amides is 3. The monoisotopic (exact) mass is 609 g/mol. The van der Waals surface area contributed by atoms with Gasteiger partial charge in [-0.25, -0.2) is 14.0 Å². The van der Waals surface area contributed by atoms with Crippen LogP contribution in [-0.4, -0.2) is 36.3 Å². The van der Waals surface area contributed by atoms with Crippen molar-refractivity contribution in [3.05, 3.63) is 119 Å². The van der Waals surface area contributed by atoms with E-state index in [0.29, 0.717) is 24.9 Å². The average molecular weight is 610 g/mol. The standard InChI is InChI=1S/C34H29ClFN5O3/c35-28-17-26(10-12-29(28)36)41(32(38)42)31-18-34(13-14-40(31)33(43)44-20-22-5-2-1-3-6-22)21-39-30-16-25(9-11-27(30)34)24-8-4-7-23(15-24)19-37/h1-12,15-17,31,39H,13-14,18,20-21H2,(H2,38,42). The molecule has 0 aliphatic carbocycles. The number of urea groups is 1. The predicted molar refractivity (Wildman–Crippen MR) is 167 cm³/mol. The normalized spacial score (nSPS) is 18.7. The number of rotatable bonds is 5. The Hall–Kier alpha value is -5.07. The molecule has 0 aromatic heterocycles. The number of hydrogen-bond acceptors (Lipinski definition) is 5. The number of nitrogens with two attached hydrogens (primary N) is 1. The molecule has 1 saturated heterocycles. The Bertz CT molecular complexity index is 1780. The Kier molecular flexibility index (Phi) is 7.85. The van der Waals surface area contributed by atoms with Crippen LogP contribution in [0.15, 0.2) is 91.0 Å². The summed E-state index contributed by atoms with van der Waals surface area (Å²) in [4.78, 5) is 29.4. The molecule has 2 aliphatic rings. The largest absolute Gasteiger partial charge is 0.444 e. The number of primary amides is 1. The van der Waals surface area contributed by atoms with Gasteiger partial charge in [-0.15, -0.1) is 0 Å². The van der Waals surface area contributed by atoms with Crippen molar-refractivity contribution >= 4 is 35.1 Å². The summed E-state index contributed by atoms with van der Waals surface area (Å²) in [6, 6.07) is 28.2. The molecule has 2 aliphatic heterocycles. The fourth-order valence-electron chi connectivity index (χ4n) is 6.24. The van der Waals surface area contributed by atoms with E-state index in [1.54, 1.807) is 6.07 Å². The molecule has 2 heterocycles. The number of nitriles is 1. The first-order valence-electron chi connectivity index (χ1n) is 14.2. The van der Waals surface area contributed by atoms with Crippen LogP contribution in [0.4, 0.5) is 25.4 Å². The molecule has 0 bridgehead atoms. The summed E-state index contributed by atoms with van der Waals surface area (Å²) >= 11 is 6.10. The Balaban J connectivity index is 1.35. The Labute approximate surface area is 259 Å². The minimum Gasteiger partial charge on any atom is -0.444 e. The van der Waals surface area contributed by atoms with Gasteiger partial charge in [0, 0.05) is 29.9 Å².